The van der Waals surface area contributed by atoms with Gasteiger partial charge in [-0.15, -0.1) is 0 Å². The van der Waals surface area contributed by atoms with Crippen LogP contribution in [0.1, 0.15) is 28.6 Å². The maximum atomic E-state index is 11.9. The molecular weight excluding hydrogens is 382 g/mol. The smallest absolute Gasteiger partial charge is 0.338 e. The fraction of sp³-hybridized carbons (Fsp3) is 0.174. The van der Waals surface area contributed by atoms with Crippen LogP contribution in [0.15, 0.2) is 70.2 Å². The molecule has 3 aromatic rings. The largest absolute Gasteiger partial charge is 0.462 e. The van der Waals surface area contributed by atoms with E-state index >= 15 is 0 Å². The summed E-state index contributed by atoms with van der Waals surface area (Å²) in [7, 11) is 0. The normalized spacial score (nSPS) is 10.7. The molecule has 7 nitrogen and oxygen atoms in total. The highest BCUT2D eigenvalue weighted by Gasteiger charge is 2.08. The Labute approximate surface area is 174 Å². The SMILES string of the molecule is CCOC(=O)c1ccc(-c2ccc(/C=N/NC(=O)CNc3ccc(C)cc3)o2)cc1. The number of hydrazone groups is 1. The molecule has 0 saturated carbocycles. The highest BCUT2D eigenvalue weighted by Crippen LogP contribution is 2.22. The van der Waals surface area contributed by atoms with Gasteiger partial charge in [-0.25, -0.2) is 10.2 Å². The monoisotopic (exact) mass is 405 g/mol. The summed E-state index contributed by atoms with van der Waals surface area (Å²) in [5, 5.41) is 6.94. The molecule has 2 N–H and O–H groups in total. The van der Waals surface area contributed by atoms with Crippen molar-refractivity contribution in [3.05, 3.63) is 77.6 Å². The fourth-order valence-corrected chi connectivity index (χ4v) is 2.62. The van der Waals surface area contributed by atoms with Gasteiger partial charge in [-0.1, -0.05) is 29.8 Å². The van der Waals surface area contributed by atoms with Gasteiger partial charge in [0.25, 0.3) is 5.91 Å². The molecule has 0 radical (unpaired) electrons. The van der Waals surface area contributed by atoms with Gasteiger partial charge in [0, 0.05) is 11.3 Å². The summed E-state index contributed by atoms with van der Waals surface area (Å²) in [5.41, 5.74) is 5.77. The van der Waals surface area contributed by atoms with Gasteiger partial charge in [0.15, 0.2) is 0 Å². The van der Waals surface area contributed by atoms with Gasteiger partial charge in [-0.3, -0.25) is 4.79 Å². The van der Waals surface area contributed by atoms with Crippen molar-refractivity contribution in [2.24, 2.45) is 5.10 Å². The highest BCUT2D eigenvalue weighted by atomic mass is 16.5. The lowest BCUT2D eigenvalue weighted by Gasteiger charge is -2.05. The molecule has 0 bridgehead atoms. The number of nitrogens with one attached hydrogen (secondary N) is 2. The number of carbonyl (C=O) groups is 2. The number of benzene rings is 2. The van der Waals surface area contributed by atoms with E-state index in [2.05, 4.69) is 15.8 Å². The molecule has 1 aromatic heterocycles. The first-order chi connectivity index (χ1) is 14.5. The van der Waals surface area contributed by atoms with Crippen LogP contribution < -0.4 is 10.7 Å². The lowest BCUT2D eigenvalue weighted by Crippen LogP contribution is -2.25. The number of nitrogens with zero attached hydrogens (tertiary/aromatic N) is 1. The first-order valence-corrected chi connectivity index (χ1v) is 9.55. The second-order valence-corrected chi connectivity index (χ2v) is 6.51. The Hall–Kier alpha value is -3.87. The number of hydrogen-bond acceptors (Lipinski definition) is 6. The third-order valence-electron chi connectivity index (χ3n) is 4.19. The zero-order valence-electron chi connectivity index (χ0n) is 16.8. The number of aryl methyl sites for hydroxylation is 1. The molecule has 0 atom stereocenters. The summed E-state index contributed by atoms with van der Waals surface area (Å²) >= 11 is 0. The van der Waals surface area contributed by atoms with Crippen LogP contribution in [-0.4, -0.2) is 31.2 Å². The lowest BCUT2D eigenvalue weighted by molar-refractivity contribution is -0.119. The summed E-state index contributed by atoms with van der Waals surface area (Å²) in [6.07, 6.45) is 1.43. The number of furan rings is 1. The van der Waals surface area contributed by atoms with Crippen LogP contribution in [0.4, 0.5) is 5.69 Å². The van der Waals surface area contributed by atoms with E-state index < -0.39 is 0 Å². The predicted octanol–water partition coefficient (Wildman–Crippen LogP) is 3.99. The van der Waals surface area contributed by atoms with Gasteiger partial charge >= 0.3 is 5.97 Å². The molecule has 0 fully saturated rings. The van der Waals surface area contributed by atoms with Gasteiger partial charge in [-0.05, 0) is 50.2 Å². The van der Waals surface area contributed by atoms with Crippen molar-refractivity contribution in [3.8, 4) is 11.3 Å². The summed E-state index contributed by atoms with van der Waals surface area (Å²) in [6, 6.07) is 18.2. The van der Waals surface area contributed by atoms with E-state index in [0.29, 0.717) is 23.7 Å². The van der Waals surface area contributed by atoms with E-state index in [1.165, 1.54) is 6.21 Å². The fourth-order valence-electron chi connectivity index (χ4n) is 2.62. The standard InChI is InChI=1S/C23H23N3O4/c1-3-29-23(28)18-8-6-17(7-9-18)21-13-12-20(30-21)14-25-26-22(27)15-24-19-10-4-16(2)5-11-19/h4-14,24H,3,15H2,1-2H3,(H,26,27)/b25-14+. The van der Waals surface area contributed by atoms with Crippen LogP contribution in [0.2, 0.25) is 0 Å². The van der Waals surface area contributed by atoms with Crippen molar-refractivity contribution >= 4 is 23.8 Å². The molecule has 0 saturated heterocycles. The number of hydrogen-bond donors (Lipinski definition) is 2. The quantitative estimate of drug-likeness (QED) is 0.336. The van der Waals surface area contributed by atoms with Crippen LogP contribution in [0.5, 0.6) is 0 Å². The maximum absolute atomic E-state index is 11.9. The lowest BCUT2D eigenvalue weighted by atomic mass is 10.1. The second-order valence-electron chi connectivity index (χ2n) is 6.51. The zero-order valence-corrected chi connectivity index (χ0v) is 16.8. The van der Waals surface area contributed by atoms with Crippen LogP contribution in [0.3, 0.4) is 0 Å². The Balaban J connectivity index is 1.51. The summed E-state index contributed by atoms with van der Waals surface area (Å²) < 4.78 is 10.7. The topological polar surface area (TPSA) is 92.9 Å². The van der Waals surface area contributed by atoms with E-state index in [1.54, 1.807) is 43.3 Å². The second kappa shape index (κ2) is 10.1. The third-order valence-corrected chi connectivity index (χ3v) is 4.19. The zero-order chi connectivity index (χ0) is 21.3. The van der Waals surface area contributed by atoms with Crippen molar-refractivity contribution in [3.63, 3.8) is 0 Å². The number of rotatable bonds is 8. The Morgan fingerprint density at radius 1 is 1.03 bits per heavy atom. The molecule has 1 heterocycles. The van der Waals surface area contributed by atoms with Gasteiger partial charge in [0.2, 0.25) is 0 Å². The number of esters is 1. The van der Waals surface area contributed by atoms with Crippen LogP contribution >= 0.6 is 0 Å². The molecule has 7 heteroatoms. The molecule has 3 rings (SSSR count). The van der Waals surface area contributed by atoms with Crippen molar-refractivity contribution in [1.82, 2.24) is 5.43 Å². The van der Waals surface area contributed by atoms with E-state index in [1.807, 2.05) is 31.2 Å². The Bertz CT molecular complexity index is 1020. The molecule has 0 unspecified atom stereocenters. The molecule has 0 spiro atoms. The van der Waals surface area contributed by atoms with Gasteiger partial charge in [0.05, 0.1) is 24.9 Å². The van der Waals surface area contributed by atoms with Crippen molar-refractivity contribution in [2.75, 3.05) is 18.5 Å². The molecule has 0 aliphatic carbocycles. The number of carbonyl (C=O) groups excluding carboxylic acids is 2. The molecule has 1 amide bonds. The first-order valence-electron chi connectivity index (χ1n) is 9.55. The molecule has 154 valence electrons. The Morgan fingerprint density at radius 3 is 2.47 bits per heavy atom. The first kappa shape index (κ1) is 20.9. The van der Waals surface area contributed by atoms with Crippen molar-refractivity contribution in [2.45, 2.75) is 13.8 Å². The average molecular weight is 405 g/mol. The van der Waals surface area contributed by atoms with E-state index in [-0.39, 0.29) is 18.4 Å². The van der Waals surface area contributed by atoms with Gasteiger partial charge in [0.1, 0.15) is 11.5 Å². The van der Waals surface area contributed by atoms with Crippen molar-refractivity contribution < 1.29 is 18.7 Å². The highest BCUT2D eigenvalue weighted by molar-refractivity contribution is 5.90. The third kappa shape index (κ3) is 5.81. The van der Waals surface area contributed by atoms with E-state index in [9.17, 15) is 9.59 Å². The summed E-state index contributed by atoms with van der Waals surface area (Å²) in [4.78, 5) is 23.6. The predicted molar refractivity (Wildman–Crippen MR) is 116 cm³/mol. The van der Waals surface area contributed by atoms with Crippen molar-refractivity contribution in [1.29, 1.82) is 0 Å². The van der Waals surface area contributed by atoms with Gasteiger partial charge < -0.3 is 14.5 Å². The summed E-state index contributed by atoms with van der Waals surface area (Å²) in [5.74, 6) is 0.488. The molecule has 0 aliphatic rings. The summed E-state index contributed by atoms with van der Waals surface area (Å²) in [6.45, 7) is 4.21. The minimum absolute atomic E-state index is 0.108. The minimum Gasteiger partial charge on any atom is -0.462 e. The van der Waals surface area contributed by atoms with E-state index in [4.69, 9.17) is 9.15 Å². The molecule has 0 aliphatic heterocycles. The maximum Gasteiger partial charge on any atom is 0.338 e. The van der Waals surface area contributed by atoms with Crippen LogP contribution in [0.25, 0.3) is 11.3 Å². The number of amides is 1. The van der Waals surface area contributed by atoms with Gasteiger partial charge in [-0.2, -0.15) is 5.10 Å². The molecule has 30 heavy (non-hydrogen) atoms. The number of ether oxygens (including phenoxy) is 1. The van der Waals surface area contributed by atoms with Crippen LogP contribution in [0, 0.1) is 6.92 Å². The number of anilines is 1. The Morgan fingerprint density at radius 2 is 1.77 bits per heavy atom. The molecule has 2 aromatic carbocycles. The minimum atomic E-state index is -0.357. The molecular formula is C23H23N3O4. The Kier molecular flexibility index (Phi) is 7.00. The average Bonchev–Trinajstić information content (AvgIpc) is 3.22. The van der Waals surface area contributed by atoms with Crippen LogP contribution in [-0.2, 0) is 9.53 Å². The van der Waals surface area contributed by atoms with E-state index in [0.717, 1.165) is 16.8 Å².